The highest BCUT2D eigenvalue weighted by atomic mass is 32.1. The molecular weight excluding hydrogens is 236 g/mol. The van der Waals surface area contributed by atoms with Gasteiger partial charge < -0.3 is 9.64 Å². The summed E-state index contributed by atoms with van der Waals surface area (Å²) in [5.41, 5.74) is 0.439. The highest BCUT2D eigenvalue weighted by Gasteiger charge is 2.35. The molecule has 1 aromatic rings. The number of carbonyl (C=O) groups is 1. The van der Waals surface area contributed by atoms with Gasteiger partial charge in [-0.3, -0.25) is 0 Å². The van der Waals surface area contributed by atoms with Gasteiger partial charge in [0.15, 0.2) is 10.8 Å². The van der Waals surface area contributed by atoms with E-state index in [2.05, 4.69) is 14.6 Å². The van der Waals surface area contributed by atoms with Crippen LogP contribution in [0.2, 0.25) is 0 Å². The van der Waals surface area contributed by atoms with Crippen LogP contribution in [0, 0.1) is 5.92 Å². The second kappa shape index (κ2) is 4.29. The topological polar surface area (TPSA) is 42.4 Å². The van der Waals surface area contributed by atoms with Crippen molar-refractivity contribution in [2.75, 3.05) is 18.6 Å². The number of nitrogens with zero attached hydrogens (tertiary/aromatic N) is 2. The number of hydrogen-bond donors (Lipinski definition) is 0. The molecule has 0 aromatic carbocycles. The van der Waals surface area contributed by atoms with E-state index in [1.807, 2.05) is 0 Å². The third-order valence-corrected chi connectivity index (χ3v) is 4.15. The number of methoxy groups -OCH3 is 1. The lowest BCUT2D eigenvalue weighted by Crippen LogP contribution is -2.28. The summed E-state index contributed by atoms with van der Waals surface area (Å²) in [6.45, 7) is 1.11. The smallest absolute Gasteiger partial charge is 0.357 e. The Morgan fingerprint density at radius 3 is 2.88 bits per heavy atom. The molecule has 2 aliphatic rings. The Labute approximate surface area is 105 Å². The van der Waals surface area contributed by atoms with Crippen molar-refractivity contribution in [3.8, 4) is 0 Å². The summed E-state index contributed by atoms with van der Waals surface area (Å²) in [6.07, 6.45) is 5.22. The molecule has 17 heavy (non-hydrogen) atoms. The quantitative estimate of drug-likeness (QED) is 0.754. The fourth-order valence-electron chi connectivity index (χ4n) is 1.94. The van der Waals surface area contributed by atoms with Gasteiger partial charge in [-0.1, -0.05) is 0 Å². The van der Waals surface area contributed by atoms with E-state index >= 15 is 0 Å². The van der Waals surface area contributed by atoms with Gasteiger partial charge in [-0.2, -0.15) is 0 Å². The van der Waals surface area contributed by atoms with Crippen LogP contribution in [0.25, 0.3) is 0 Å². The van der Waals surface area contributed by atoms with Gasteiger partial charge in [-0.25, -0.2) is 9.78 Å². The minimum atomic E-state index is -0.338. The van der Waals surface area contributed by atoms with E-state index in [0.717, 1.165) is 17.6 Å². The first-order valence-electron chi connectivity index (χ1n) is 6.08. The van der Waals surface area contributed by atoms with E-state index in [1.165, 1.54) is 32.8 Å². The summed E-state index contributed by atoms with van der Waals surface area (Å²) < 4.78 is 4.69. The van der Waals surface area contributed by atoms with Gasteiger partial charge in [-0.05, 0) is 31.6 Å². The van der Waals surface area contributed by atoms with Gasteiger partial charge in [-0.15, -0.1) is 11.3 Å². The summed E-state index contributed by atoms with van der Waals surface area (Å²) in [6, 6.07) is 0.659. The average molecular weight is 252 g/mol. The van der Waals surface area contributed by atoms with Crippen molar-refractivity contribution in [1.29, 1.82) is 0 Å². The van der Waals surface area contributed by atoms with Crippen LogP contribution in [0.4, 0.5) is 5.13 Å². The largest absolute Gasteiger partial charge is 0.464 e. The number of rotatable bonds is 5. The van der Waals surface area contributed by atoms with E-state index in [-0.39, 0.29) is 5.97 Å². The lowest BCUT2D eigenvalue weighted by atomic mass is 10.4. The molecule has 0 saturated heterocycles. The van der Waals surface area contributed by atoms with Crippen molar-refractivity contribution >= 4 is 22.4 Å². The first-order chi connectivity index (χ1) is 8.28. The number of esters is 1. The number of aromatic nitrogens is 1. The van der Waals surface area contributed by atoms with Crippen LogP contribution in [-0.4, -0.2) is 30.6 Å². The minimum Gasteiger partial charge on any atom is -0.464 e. The zero-order valence-corrected chi connectivity index (χ0v) is 10.7. The molecule has 1 heterocycles. The zero-order valence-electron chi connectivity index (χ0n) is 9.89. The summed E-state index contributed by atoms with van der Waals surface area (Å²) in [7, 11) is 1.39. The highest BCUT2D eigenvalue weighted by molar-refractivity contribution is 7.13. The Morgan fingerprint density at radius 1 is 1.53 bits per heavy atom. The second-order valence-corrected chi connectivity index (χ2v) is 5.67. The van der Waals surface area contributed by atoms with E-state index in [1.54, 1.807) is 16.7 Å². The number of carbonyl (C=O) groups excluding carboxylic acids is 1. The molecule has 0 amide bonds. The van der Waals surface area contributed by atoms with Crippen LogP contribution in [-0.2, 0) is 4.74 Å². The molecule has 0 atom stereocenters. The van der Waals surface area contributed by atoms with Crippen LogP contribution in [0.5, 0.6) is 0 Å². The molecule has 2 aliphatic carbocycles. The van der Waals surface area contributed by atoms with E-state index < -0.39 is 0 Å². The molecule has 0 spiro atoms. The molecule has 0 aliphatic heterocycles. The first-order valence-corrected chi connectivity index (χ1v) is 6.96. The summed E-state index contributed by atoms with van der Waals surface area (Å²) in [5, 5.41) is 2.78. The maximum Gasteiger partial charge on any atom is 0.357 e. The third-order valence-electron chi connectivity index (χ3n) is 3.27. The van der Waals surface area contributed by atoms with Gasteiger partial charge in [0, 0.05) is 18.0 Å². The lowest BCUT2D eigenvalue weighted by Gasteiger charge is -2.20. The van der Waals surface area contributed by atoms with E-state index in [9.17, 15) is 4.79 Å². The van der Waals surface area contributed by atoms with Crippen molar-refractivity contribution < 1.29 is 9.53 Å². The molecule has 0 radical (unpaired) electrons. The Hall–Kier alpha value is -1.10. The Bertz CT molecular complexity index is 424. The molecule has 0 unspecified atom stereocenters. The van der Waals surface area contributed by atoms with E-state index in [4.69, 9.17) is 0 Å². The van der Waals surface area contributed by atoms with Gasteiger partial charge in [0.05, 0.1) is 7.11 Å². The molecule has 2 fully saturated rings. The molecule has 5 heteroatoms. The first kappa shape index (κ1) is 11.0. The normalized spacial score (nSPS) is 19.1. The third kappa shape index (κ3) is 2.44. The van der Waals surface area contributed by atoms with Gasteiger partial charge in [0.1, 0.15) is 0 Å². The Balaban J connectivity index is 1.75. The fraction of sp³-hybridized carbons (Fsp3) is 0.667. The molecule has 1 aromatic heterocycles. The Kier molecular flexibility index (Phi) is 2.78. The van der Waals surface area contributed by atoms with Gasteiger partial charge >= 0.3 is 5.97 Å². The molecule has 0 bridgehead atoms. The number of hydrogen-bond acceptors (Lipinski definition) is 5. The summed E-state index contributed by atoms with van der Waals surface area (Å²) >= 11 is 1.55. The predicted molar refractivity (Wildman–Crippen MR) is 66.5 cm³/mol. The zero-order chi connectivity index (χ0) is 11.8. The molecular formula is C12H16N2O2S. The van der Waals surface area contributed by atoms with Crippen LogP contribution in [0.1, 0.15) is 36.2 Å². The van der Waals surface area contributed by atoms with Crippen molar-refractivity contribution in [2.24, 2.45) is 5.92 Å². The molecule has 2 saturated carbocycles. The average Bonchev–Trinajstić information content (AvgIpc) is 3.24. The minimum absolute atomic E-state index is 0.338. The van der Waals surface area contributed by atoms with Crippen LogP contribution < -0.4 is 4.90 Å². The SMILES string of the molecule is COC(=O)c1csc(N(CC2CC2)C2CC2)n1. The van der Waals surface area contributed by atoms with Crippen molar-refractivity contribution in [3.63, 3.8) is 0 Å². The Morgan fingerprint density at radius 2 is 2.29 bits per heavy atom. The fourth-order valence-corrected chi connectivity index (χ4v) is 2.82. The highest BCUT2D eigenvalue weighted by Crippen LogP contribution is 2.38. The predicted octanol–water partition coefficient (Wildman–Crippen LogP) is 2.31. The van der Waals surface area contributed by atoms with Crippen LogP contribution in [0.15, 0.2) is 5.38 Å². The molecule has 0 N–H and O–H groups in total. The van der Waals surface area contributed by atoms with Gasteiger partial charge in [0.25, 0.3) is 0 Å². The summed E-state index contributed by atoms with van der Waals surface area (Å²) in [5.74, 6) is 0.510. The maximum absolute atomic E-state index is 11.4. The number of anilines is 1. The van der Waals surface area contributed by atoms with Crippen molar-refractivity contribution in [2.45, 2.75) is 31.7 Å². The van der Waals surface area contributed by atoms with Crippen molar-refractivity contribution in [1.82, 2.24) is 4.98 Å². The van der Waals surface area contributed by atoms with Crippen molar-refractivity contribution in [3.05, 3.63) is 11.1 Å². The maximum atomic E-state index is 11.4. The van der Waals surface area contributed by atoms with E-state index in [0.29, 0.717) is 11.7 Å². The second-order valence-electron chi connectivity index (χ2n) is 4.83. The standard InChI is InChI=1S/C12H16N2O2S/c1-16-11(15)10-7-17-12(13-10)14(9-4-5-9)6-8-2-3-8/h7-9H,2-6H2,1H3. The van der Waals surface area contributed by atoms with Gasteiger partial charge in [0.2, 0.25) is 0 Å². The van der Waals surface area contributed by atoms with Crippen LogP contribution in [0.3, 0.4) is 0 Å². The monoisotopic (exact) mass is 252 g/mol. The molecule has 92 valence electrons. The number of ether oxygens (including phenoxy) is 1. The summed E-state index contributed by atoms with van der Waals surface area (Å²) in [4.78, 5) is 18.1. The number of thiazole rings is 1. The van der Waals surface area contributed by atoms with Crippen LogP contribution >= 0.6 is 11.3 Å². The molecule has 3 rings (SSSR count). The molecule has 4 nitrogen and oxygen atoms in total. The lowest BCUT2D eigenvalue weighted by molar-refractivity contribution is 0.0595.